The van der Waals surface area contributed by atoms with Gasteiger partial charge in [-0.3, -0.25) is 0 Å². The molecular weight excluding hydrogens is 331 g/mol. The predicted octanol–water partition coefficient (Wildman–Crippen LogP) is 5.70. The van der Waals surface area contributed by atoms with Crippen LogP contribution < -0.4 is 5.32 Å². The van der Waals surface area contributed by atoms with Gasteiger partial charge in [0.25, 0.3) is 0 Å². The second kappa shape index (κ2) is 8.03. The second-order valence-electron chi connectivity index (χ2n) is 4.88. The van der Waals surface area contributed by atoms with Crippen LogP contribution in [0, 0.1) is 0 Å². The third-order valence-electron chi connectivity index (χ3n) is 3.18. The lowest BCUT2D eigenvalue weighted by atomic mass is 9.95. The molecule has 1 aromatic carbocycles. The number of benzene rings is 1. The summed E-state index contributed by atoms with van der Waals surface area (Å²) >= 11 is 3.12. The molecule has 0 amide bonds. The van der Waals surface area contributed by atoms with Crippen LogP contribution in [0.3, 0.4) is 0 Å². The van der Waals surface area contributed by atoms with Gasteiger partial charge in [0.2, 0.25) is 0 Å². The molecule has 0 saturated carbocycles. The maximum atomic E-state index is 13.2. The first-order valence-corrected chi connectivity index (χ1v) is 7.79. The molecule has 5 heteroatoms. The van der Waals surface area contributed by atoms with Crippen LogP contribution in [-0.2, 0) is 6.18 Å². The van der Waals surface area contributed by atoms with Gasteiger partial charge >= 0.3 is 6.18 Å². The number of halogens is 4. The molecule has 0 fully saturated rings. The van der Waals surface area contributed by atoms with E-state index in [0.717, 1.165) is 32.2 Å². The van der Waals surface area contributed by atoms with Gasteiger partial charge in [0.1, 0.15) is 0 Å². The van der Waals surface area contributed by atoms with Crippen molar-refractivity contribution < 1.29 is 13.2 Å². The van der Waals surface area contributed by atoms with E-state index in [1.807, 2.05) is 13.8 Å². The highest BCUT2D eigenvalue weighted by Crippen LogP contribution is 2.37. The number of alkyl halides is 3. The first-order chi connectivity index (χ1) is 9.40. The van der Waals surface area contributed by atoms with Crippen molar-refractivity contribution in [2.75, 3.05) is 6.54 Å². The van der Waals surface area contributed by atoms with Gasteiger partial charge in [-0.05, 0) is 37.1 Å². The van der Waals surface area contributed by atoms with Gasteiger partial charge in [-0.25, -0.2) is 0 Å². The number of hydrogen-bond acceptors (Lipinski definition) is 1. The van der Waals surface area contributed by atoms with Crippen LogP contribution in [0.4, 0.5) is 13.2 Å². The van der Waals surface area contributed by atoms with Gasteiger partial charge in [-0.15, -0.1) is 0 Å². The van der Waals surface area contributed by atoms with Crippen molar-refractivity contribution in [3.63, 3.8) is 0 Å². The Kier molecular flexibility index (Phi) is 7.03. The van der Waals surface area contributed by atoms with Gasteiger partial charge in [-0.2, -0.15) is 13.2 Å². The molecule has 1 unspecified atom stereocenters. The van der Waals surface area contributed by atoms with E-state index in [2.05, 4.69) is 21.2 Å². The Hall–Kier alpha value is -0.550. The molecule has 114 valence electrons. The Morgan fingerprint density at radius 2 is 1.90 bits per heavy atom. The highest BCUT2D eigenvalue weighted by atomic mass is 79.9. The SMILES string of the molecule is CCCCC(NCCC)c1ccc(Br)cc1C(F)(F)F. The van der Waals surface area contributed by atoms with E-state index >= 15 is 0 Å². The third kappa shape index (κ3) is 5.09. The molecule has 0 aliphatic heterocycles. The quantitative estimate of drug-likeness (QED) is 0.664. The molecule has 0 aromatic heterocycles. The Morgan fingerprint density at radius 1 is 1.20 bits per heavy atom. The van der Waals surface area contributed by atoms with Gasteiger partial charge in [0.05, 0.1) is 5.56 Å². The molecule has 0 saturated heterocycles. The zero-order valence-electron chi connectivity index (χ0n) is 11.9. The lowest BCUT2D eigenvalue weighted by Crippen LogP contribution is -2.25. The zero-order chi connectivity index (χ0) is 15.2. The number of rotatable bonds is 7. The van der Waals surface area contributed by atoms with Crippen LogP contribution in [-0.4, -0.2) is 6.54 Å². The van der Waals surface area contributed by atoms with Crippen LogP contribution in [0.5, 0.6) is 0 Å². The summed E-state index contributed by atoms with van der Waals surface area (Å²) in [5.74, 6) is 0. The predicted molar refractivity (Wildman–Crippen MR) is 79.7 cm³/mol. The average Bonchev–Trinajstić information content (AvgIpc) is 2.38. The highest BCUT2D eigenvalue weighted by Gasteiger charge is 2.35. The second-order valence-corrected chi connectivity index (χ2v) is 5.79. The molecule has 1 aromatic rings. The summed E-state index contributed by atoms with van der Waals surface area (Å²) in [4.78, 5) is 0. The minimum absolute atomic E-state index is 0.236. The fourth-order valence-electron chi connectivity index (χ4n) is 2.17. The number of hydrogen-bond donors (Lipinski definition) is 1. The molecule has 1 N–H and O–H groups in total. The van der Waals surface area contributed by atoms with Crippen LogP contribution in [0.25, 0.3) is 0 Å². The van der Waals surface area contributed by atoms with Crippen molar-refractivity contribution in [3.8, 4) is 0 Å². The molecule has 0 spiro atoms. The molecule has 0 bridgehead atoms. The maximum absolute atomic E-state index is 13.2. The van der Waals surface area contributed by atoms with E-state index in [1.165, 1.54) is 6.07 Å². The van der Waals surface area contributed by atoms with E-state index in [4.69, 9.17) is 0 Å². The van der Waals surface area contributed by atoms with Crippen molar-refractivity contribution in [1.82, 2.24) is 5.32 Å². The summed E-state index contributed by atoms with van der Waals surface area (Å²) in [5, 5.41) is 3.24. The van der Waals surface area contributed by atoms with Gasteiger partial charge in [-0.1, -0.05) is 48.7 Å². The van der Waals surface area contributed by atoms with Crippen LogP contribution in [0.2, 0.25) is 0 Å². The van der Waals surface area contributed by atoms with E-state index < -0.39 is 11.7 Å². The molecular formula is C15H21BrF3N. The maximum Gasteiger partial charge on any atom is 0.416 e. The Bertz CT molecular complexity index is 410. The van der Waals surface area contributed by atoms with Gasteiger partial charge < -0.3 is 5.32 Å². The third-order valence-corrected chi connectivity index (χ3v) is 3.68. The monoisotopic (exact) mass is 351 g/mol. The minimum Gasteiger partial charge on any atom is -0.310 e. The summed E-state index contributed by atoms with van der Waals surface area (Å²) in [6.45, 7) is 4.78. The first-order valence-electron chi connectivity index (χ1n) is 7.00. The van der Waals surface area contributed by atoms with Crippen LogP contribution >= 0.6 is 15.9 Å². The van der Waals surface area contributed by atoms with Crippen molar-refractivity contribution in [1.29, 1.82) is 0 Å². The highest BCUT2D eigenvalue weighted by molar-refractivity contribution is 9.10. The number of unbranched alkanes of at least 4 members (excludes halogenated alkanes) is 1. The topological polar surface area (TPSA) is 12.0 Å². The van der Waals surface area contributed by atoms with E-state index in [0.29, 0.717) is 10.0 Å². The number of nitrogens with one attached hydrogen (secondary N) is 1. The molecule has 1 atom stereocenters. The minimum atomic E-state index is -4.32. The lowest BCUT2D eigenvalue weighted by Gasteiger charge is -2.23. The van der Waals surface area contributed by atoms with Crippen LogP contribution in [0.15, 0.2) is 22.7 Å². The zero-order valence-corrected chi connectivity index (χ0v) is 13.4. The normalized spacial score (nSPS) is 13.5. The summed E-state index contributed by atoms with van der Waals surface area (Å²) < 4.78 is 40.0. The van der Waals surface area contributed by atoms with E-state index in [9.17, 15) is 13.2 Å². The fourth-order valence-corrected chi connectivity index (χ4v) is 2.53. The average molecular weight is 352 g/mol. The Morgan fingerprint density at radius 3 is 2.45 bits per heavy atom. The Labute approximate surface area is 127 Å². The molecule has 20 heavy (non-hydrogen) atoms. The van der Waals surface area contributed by atoms with E-state index in [-0.39, 0.29) is 6.04 Å². The van der Waals surface area contributed by atoms with Crippen LogP contribution in [0.1, 0.15) is 56.7 Å². The van der Waals surface area contributed by atoms with E-state index in [1.54, 1.807) is 12.1 Å². The van der Waals surface area contributed by atoms with Gasteiger partial charge in [0.15, 0.2) is 0 Å². The standard InChI is InChI=1S/C15H21BrF3N/c1-3-5-6-14(20-9-4-2)12-8-7-11(16)10-13(12)15(17,18)19/h7-8,10,14,20H,3-6,9H2,1-2H3. The molecule has 1 rings (SSSR count). The smallest absolute Gasteiger partial charge is 0.310 e. The molecule has 0 radical (unpaired) electrons. The largest absolute Gasteiger partial charge is 0.416 e. The van der Waals surface area contributed by atoms with Gasteiger partial charge in [0, 0.05) is 10.5 Å². The molecule has 0 heterocycles. The Balaban J connectivity index is 3.10. The summed E-state index contributed by atoms with van der Waals surface area (Å²) in [6.07, 6.45) is -0.809. The molecule has 0 aliphatic rings. The molecule has 0 aliphatic carbocycles. The lowest BCUT2D eigenvalue weighted by molar-refractivity contribution is -0.138. The van der Waals surface area contributed by atoms with Crippen molar-refractivity contribution in [2.45, 2.75) is 51.7 Å². The van der Waals surface area contributed by atoms with Crippen molar-refractivity contribution in [2.24, 2.45) is 0 Å². The molecule has 1 nitrogen and oxygen atoms in total. The summed E-state index contributed by atoms with van der Waals surface area (Å²) in [7, 11) is 0. The fraction of sp³-hybridized carbons (Fsp3) is 0.600. The summed E-state index contributed by atoms with van der Waals surface area (Å²) in [6, 6.07) is 4.19. The summed E-state index contributed by atoms with van der Waals surface area (Å²) in [5.41, 5.74) is -0.195. The van der Waals surface area contributed by atoms with Crippen molar-refractivity contribution in [3.05, 3.63) is 33.8 Å². The van der Waals surface area contributed by atoms with Crippen molar-refractivity contribution >= 4 is 15.9 Å². The first kappa shape index (κ1) is 17.5.